The van der Waals surface area contributed by atoms with Crippen LogP contribution in [0.4, 0.5) is 5.13 Å². The van der Waals surface area contributed by atoms with Gasteiger partial charge < -0.3 is 10.6 Å². The van der Waals surface area contributed by atoms with Crippen LogP contribution in [-0.4, -0.2) is 18.6 Å². The van der Waals surface area contributed by atoms with Crippen LogP contribution >= 0.6 is 11.3 Å². The van der Waals surface area contributed by atoms with Crippen molar-refractivity contribution in [1.82, 2.24) is 4.98 Å². The maximum Gasteiger partial charge on any atom is 0.185 e. The fourth-order valence-corrected chi connectivity index (χ4v) is 5.38. The van der Waals surface area contributed by atoms with Crippen LogP contribution in [0.1, 0.15) is 57.0 Å². The molecule has 2 N–H and O–H groups in total. The monoisotopic (exact) mass is 307 g/mol. The van der Waals surface area contributed by atoms with Crippen LogP contribution in [0.5, 0.6) is 0 Å². The molecule has 0 amide bonds. The smallest absolute Gasteiger partial charge is 0.185 e. The van der Waals surface area contributed by atoms with Crippen LogP contribution in [0.25, 0.3) is 0 Å². The van der Waals surface area contributed by atoms with Gasteiger partial charge in [0, 0.05) is 30.4 Å². The lowest BCUT2D eigenvalue weighted by Crippen LogP contribution is -2.28. The van der Waals surface area contributed by atoms with E-state index in [2.05, 4.69) is 32.7 Å². The van der Waals surface area contributed by atoms with Gasteiger partial charge in [-0.3, -0.25) is 0 Å². The summed E-state index contributed by atoms with van der Waals surface area (Å²) in [5.74, 6) is 2.89. The highest BCUT2D eigenvalue weighted by Crippen LogP contribution is 2.48. The summed E-state index contributed by atoms with van der Waals surface area (Å²) in [5, 5.41) is 1.16. The summed E-state index contributed by atoms with van der Waals surface area (Å²) < 4.78 is 0. The normalized spacial score (nSPS) is 28.3. The molecule has 1 aromatic heterocycles. The molecule has 2 fully saturated rings. The number of nitrogens with two attached hydrogens (primary N) is 1. The maximum atomic E-state index is 5.93. The Labute approximate surface area is 132 Å². The van der Waals surface area contributed by atoms with Crippen LogP contribution < -0.4 is 10.6 Å². The molecular formula is C17H29N3S. The van der Waals surface area contributed by atoms with Gasteiger partial charge >= 0.3 is 0 Å². The molecule has 2 aliphatic rings. The minimum Gasteiger partial charge on any atom is -0.351 e. The SMILES string of the molecule is CN(CC1CC2CCC1C2)c1nc(C(C)(C)C)c(CN)s1. The minimum atomic E-state index is 0.0801. The van der Waals surface area contributed by atoms with Crippen molar-refractivity contribution in [2.75, 3.05) is 18.5 Å². The number of anilines is 1. The third kappa shape index (κ3) is 2.98. The highest BCUT2D eigenvalue weighted by Gasteiger charge is 2.40. The molecule has 3 atom stereocenters. The molecule has 1 aromatic rings. The second-order valence-electron chi connectivity index (χ2n) is 8.04. The summed E-state index contributed by atoms with van der Waals surface area (Å²) in [6.07, 6.45) is 5.86. The number of thiazole rings is 1. The second kappa shape index (κ2) is 5.54. The van der Waals surface area contributed by atoms with Crippen LogP contribution in [0.2, 0.25) is 0 Å². The van der Waals surface area contributed by atoms with Crippen molar-refractivity contribution in [3.63, 3.8) is 0 Å². The van der Waals surface area contributed by atoms with E-state index < -0.39 is 0 Å². The van der Waals surface area contributed by atoms with Crippen LogP contribution in [0.15, 0.2) is 0 Å². The first-order valence-corrected chi connectivity index (χ1v) is 9.11. The molecule has 0 saturated heterocycles. The van der Waals surface area contributed by atoms with Gasteiger partial charge in [0.1, 0.15) is 0 Å². The van der Waals surface area contributed by atoms with Gasteiger partial charge in [0.15, 0.2) is 5.13 Å². The zero-order valence-electron chi connectivity index (χ0n) is 13.9. The van der Waals surface area contributed by atoms with E-state index in [1.807, 2.05) is 0 Å². The third-order valence-electron chi connectivity index (χ3n) is 5.30. The van der Waals surface area contributed by atoms with E-state index in [9.17, 15) is 0 Å². The fourth-order valence-electron chi connectivity index (χ4n) is 4.26. The molecule has 3 rings (SSSR count). The summed E-state index contributed by atoms with van der Waals surface area (Å²) >= 11 is 1.79. The zero-order chi connectivity index (χ0) is 15.2. The van der Waals surface area contributed by atoms with E-state index in [1.54, 1.807) is 11.3 Å². The third-order valence-corrected chi connectivity index (χ3v) is 6.49. The van der Waals surface area contributed by atoms with Gasteiger partial charge in [-0.05, 0) is 37.0 Å². The van der Waals surface area contributed by atoms with E-state index in [0.29, 0.717) is 6.54 Å². The standard InChI is InChI=1S/C17H29N3S/c1-17(2,3)15-14(9-18)21-16(19-15)20(4)10-13-8-11-5-6-12(13)7-11/h11-13H,5-10,18H2,1-4H3. The predicted molar refractivity (Wildman–Crippen MR) is 90.9 cm³/mol. The number of hydrogen-bond donors (Lipinski definition) is 1. The van der Waals surface area contributed by atoms with E-state index >= 15 is 0 Å². The fraction of sp³-hybridized carbons (Fsp3) is 0.824. The molecule has 3 nitrogen and oxygen atoms in total. The first-order valence-electron chi connectivity index (χ1n) is 8.30. The Hall–Kier alpha value is -0.610. The van der Waals surface area contributed by atoms with Crippen LogP contribution in [0, 0.1) is 17.8 Å². The highest BCUT2D eigenvalue weighted by molar-refractivity contribution is 7.15. The number of rotatable bonds is 4. The lowest BCUT2D eigenvalue weighted by atomic mass is 9.88. The molecule has 21 heavy (non-hydrogen) atoms. The Morgan fingerprint density at radius 2 is 2.05 bits per heavy atom. The Kier molecular flexibility index (Phi) is 4.04. The molecule has 3 unspecified atom stereocenters. The minimum absolute atomic E-state index is 0.0801. The molecule has 0 radical (unpaired) electrons. The van der Waals surface area contributed by atoms with Crippen molar-refractivity contribution in [2.45, 2.75) is 58.4 Å². The molecule has 118 valence electrons. The van der Waals surface area contributed by atoms with Crippen molar-refractivity contribution in [2.24, 2.45) is 23.5 Å². The number of hydrogen-bond acceptors (Lipinski definition) is 4. The lowest BCUT2D eigenvalue weighted by molar-refractivity contribution is 0.337. The van der Waals surface area contributed by atoms with Gasteiger partial charge in [0.2, 0.25) is 0 Å². The van der Waals surface area contributed by atoms with Gasteiger partial charge in [0.25, 0.3) is 0 Å². The maximum absolute atomic E-state index is 5.93. The van der Waals surface area contributed by atoms with E-state index in [0.717, 1.165) is 22.9 Å². The number of nitrogens with zero attached hydrogens (tertiary/aromatic N) is 2. The topological polar surface area (TPSA) is 42.2 Å². The molecule has 2 aliphatic carbocycles. The first-order chi connectivity index (χ1) is 9.88. The molecular weight excluding hydrogens is 278 g/mol. The van der Waals surface area contributed by atoms with Gasteiger partial charge in [-0.2, -0.15) is 0 Å². The summed E-state index contributed by atoms with van der Waals surface area (Å²) in [7, 11) is 2.21. The van der Waals surface area contributed by atoms with Crippen molar-refractivity contribution in [3.8, 4) is 0 Å². The lowest BCUT2D eigenvalue weighted by Gasteiger charge is -2.27. The Bertz CT molecular complexity index is 503. The zero-order valence-corrected chi connectivity index (χ0v) is 14.7. The van der Waals surface area contributed by atoms with Crippen molar-refractivity contribution in [1.29, 1.82) is 0 Å². The van der Waals surface area contributed by atoms with Crippen LogP contribution in [-0.2, 0) is 12.0 Å². The summed E-state index contributed by atoms with van der Waals surface area (Å²) in [6.45, 7) is 8.44. The quantitative estimate of drug-likeness (QED) is 0.920. The van der Waals surface area contributed by atoms with Crippen LogP contribution in [0.3, 0.4) is 0 Å². The van der Waals surface area contributed by atoms with E-state index in [-0.39, 0.29) is 5.41 Å². The van der Waals surface area contributed by atoms with Crippen molar-refractivity contribution < 1.29 is 0 Å². The molecule has 0 aromatic carbocycles. The number of fused-ring (bicyclic) bond motifs is 2. The van der Waals surface area contributed by atoms with Gasteiger partial charge in [-0.15, -0.1) is 11.3 Å². The van der Waals surface area contributed by atoms with Crippen molar-refractivity contribution in [3.05, 3.63) is 10.6 Å². The Morgan fingerprint density at radius 1 is 1.29 bits per heavy atom. The number of aromatic nitrogens is 1. The molecule has 4 heteroatoms. The largest absolute Gasteiger partial charge is 0.351 e. The molecule has 2 bridgehead atoms. The first kappa shape index (κ1) is 15.3. The van der Waals surface area contributed by atoms with Gasteiger partial charge in [-0.25, -0.2) is 4.98 Å². The molecule has 0 aliphatic heterocycles. The highest BCUT2D eigenvalue weighted by atomic mass is 32.1. The van der Waals surface area contributed by atoms with E-state index in [4.69, 9.17) is 10.7 Å². The average molecular weight is 308 g/mol. The summed E-state index contributed by atoms with van der Waals surface area (Å²) in [6, 6.07) is 0. The van der Waals surface area contributed by atoms with Gasteiger partial charge in [-0.1, -0.05) is 27.2 Å². The Morgan fingerprint density at radius 3 is 2.52 bits per heavy atom. The Balaban J connectivity index is 1.72. The predicted octanol–water partition coefficient (Wildman–Crippen LogP) is 3.77. The summed E-state index contributed by atoms with van der Waals surface area (Å²) in [5.41, 5.74) is 7.19. The van der Waals surface area contributed by atoms with E-state index in [1.165, 1.54) is 42.8 Å². The molecule has 0 spiro atoms. The molecule has 1 heterocycles. The summed E-state index contributed by atoms with van der Waals surface area (Å²) in [4.78, 5) is 8.55. The average Bonchev–Trinajstić information content (AvgIpc) is 3.11. The van der Waals surface area contributed by atoms with Crippen molar-refractivity contribution >= 4 is 16.5 Å². The van der Waals surface area contributed by atoms with Gasteiger partial charge in [0.05, 0.1) is 5.69 Å². The second-order valence-corrected chi connectivity index (χ2v) is 9.10. The molecule has 2 saturated carbocycles.